The lowest BCUT2D eigenvalue weighted by Gasteiger charge is -2.17. The Kier molecular flexibility index (Phi) is 7.28. The van der Waals surface area contributed by atoms with Crippen LogP contribution in [0.1, 0.15) is 33.1 Å². The summed E-state index contributed by atoms with van der Waals surface area (Å²) < 4.78 is 31.1. The molecule has 0 aliphatic heterocycles. The molecule has 5 nitrogen and oxygen atoms in total. The van der Waals surface area contributed by atoms with Crippen LogP contribution in [0.4, 0.5) is 19.3 Å². The third kappa shape index (κ3) is 5.67. The quantitative estimate of drug-likeness (QED) is 0.759. The van der Waals surface area contributed by atoms with Crippen LogP contribution in [-0.4, -0.2) is 24.6 Å². The summed E-state index contributed by atoms with van der Waals surface area (Å²) in [6, 6.07) is 1.24. The fourth-order valence-electron chi connectivity index (χ4n) is 1.81. The van der Waals surface area contributed by atoms with Crippen molar-refractivity contribution >= 4 is 17.7 Å². The zero-order valence-corrected chi connectivity index (χ0v) is 12.6. The number of hydrogen-bond donors (Lipinski definition) is 2. The first kappa shape index (κ1) is 17.9. The normalized spacial score (nSPS) is 11.6. The molecule has 1 aromatic rings. The summed E-state index contributed by atoms with van der Waals surface area (Å²) in [7, 11) is 0. The lowest BCUT2D eigenvalue weighted by atomic mass is 10.1. The Morgan fingerprint density at radius 3 is 2.59 bits per heavy atom. The summed E-state index contributed by atoms with van der Waals surface area (Å²) in [6.45, 7) is 3.83. The van der Waals surface area contributed by atoms with Crippen LogP contribution in [0.3, 0.4) is 0 Å². The Morgan fingerprint density at radius 1 is 1.27 bits per heavy atom. The van der Waals surface area contributed by atoms with E-state index in [1.807, 2.05) is 6.92 Å². The first-order valence-electron chi connectivity index (χ1n) is 7.17. The minimum Gasteiger partial charge on any atom is -0.464 e. The van der Waals surface area contributed by atoms with Crippen molar-refractivity contribution in [2.24, 2.45) is 0 Å². The fraction of sp³-hybridized carbons (Fsp3) is 0.467. The summed E-state index contributed by atoms with van der Waals surface area (Å²) in [5.41, 5.74) is -0.169. The van der Waals surface area contributed by atoms with E-state index in [0.29, 0.717) is 12.5 Å². The van der Waals surface area contributed by atoms with Gasteiger partial charge in [-0.05, 0) is 25.5 Å². The minimum atomic E-state index is -0.892. The van der Waals surface area contributed by atoms with Gasteiger partial charge in [0.1, 0.15) is 17.7 Å². The Morgan fingerprint density at radius 2 is 2.00 bits per heavy atom. The maximum absolute atomic E-state index is 13.5. The van der Waals surface area contributed by atoms with Crippen molar-refractivity contribution in [3.8, 4) is 0 Å². The largest absolute Gasteiger partial charge is 0.464 e. The van der Waals surface area contributed by atoms with Crippen LogP contribution in [0, 0.1) is 11.6 Å². The summed E-state index contributed by atoms with van der Waals surface area (Å²) in [6.07, 6.45) is 2.01. The van der Waals surface area contributed by atoms with Gasteiger partial charge in [0.05, 0.1) is 12.3 Å². The molecule has 122 valence electrons. The SMILES string of the molecule is CCCCC(NC(=O)Nc1ccc(F)cc1F)C(=O)OCC. The second-order valence-corrected chi connectivity index (χ2v) is 4.67. The predicted octanol–water partition coefficient (Wildman–Crippen LogP) is 3.21. The van der Waals surface area contributed by atoms with Crippen LogP contribution in [0.25, 0.3) is 0 Å². The number of esters is 1. The molecule has 2 amide bonds. The average Bonchev–Trinajstić information content (AvgIpc) is 2.46. The molecule has 0 heterocycles. The molecule has 0 aliphatic rings. The number of carbonyl (C=O) groups is 2. The number of hydrogen-bond acceptors (Lipinski definition) is 3. The molecule has 1 aromatic carbocycles. The lowest BCUT2D eigenvalue weighted by Crippen LogP contribution is -2.44. The molecule has 22 heavy (non-hydrogen) atoms. The molecule has 0 aromatic heterocycles. The van der Waals surface area contributed by atoms with E-state index in [4.69, 9.17) is 4.74 Å². The second-order valence-electron chi connectivity index (χ2n) is 4.67. The highest BCUT2D eigenvalue weighted by Gasteiger charge is 2.21. The van der Waals surface area contributed by atoms with Gasteiger partial charge in [-0.3, -0.25) is 0 Å². The zero-order valence-electron chi connectivity index (χ0n) is 12.6. The molecule has 0 saturated heterocycles. The van der Waals surface area contributed by atoms with Crippen molar-refractivity contribution in [3.63, 3.8) is 0 Å². The standard InChI is InChI=1S/C15H20F2N2O3/c1-3-5-6-13(14(20)22-4-2)19-15(21)18-12-8-7-10(16)9-11(12)17/h7-9,13H,3-6H2,1-2H3,(H2,18,19,21). The first-order valence-corrected chi connectivity index (χ1v) is 7.17. The molecule has 0 spiro atoms. The molecule has 0 saturated carbocycles. The number of anilines is 1. The van der Waals surface area contributed by atoms with Gasteiger partial charge in [0.25, 0.3) is 0 Å². The van der Waals surface area contributed by atoms with E-state index in [2.05, 4.69) is 10.6 Å². The molecule has 1 rings (SSSR count). The van der Waals surface area contributed by atoms with Crippen LogP contribution in [0.15, 0.2) is 18.2 Å². The third-order valence-electron chi connectivity index (χ3n) is 2.90. The predicted molar refractivity (Wildman–Crippen MR) is 78.5 cm³/mol. The summed E-state index contributed by atoms with van der Waals surface area (Å²) in [4.78, 5) is 23.6. The van der Waals surface area contributed by atoms with E-state index in [0.717, 1.165) is 25.0 Å². The molecule has 1 atom stereocenters. The van der Waals surface area contributed by atoms with Crippen LogP contribution < -0.4 is 10.6 Å². The second kappa shape index (κ2) is 8.96. The highest BCUT2D eigenvalue weighted by molar-refractivity contribution is 5.92. The number of rotatable bonds is 7. The Hall–Kier alpha value is -2.18. The molecule has 0 aliphatic carbocycles. The molecule has 0 fully saturated rings. The molecule has 0 bridgehead atoms. The van der Waals surface area contributed by atoms with Crippen molar-refractivity contribution in [2.75, 3.05) is 11.9 Å². The number of unbranched alkanes of at least 4 members (excludes halogenated alkanes) is 1. The van der Waals surface area contributed by atoms with Crippen molar-refractivity contribution in [1.82, 2.24) is 5.32 Å². The van der Waals surface area contributed by atoms with Gasteiger partial charge < -0.3 is 15.4 Å². The van der Waals surface area contributed by atoms with E-state index >= 15 is 0 Å². The molecule has 7 heteroatoms. The fourth-order valence-corrected chi connectivity index (χ4v) is 1.81. The molecular formula is C15H20F2N2O3. The van der Waals surface area contributed by atoms with Crippen LogP contribution in [0.2, 0.25) is 0 Å². The summed E-state index contributed by atoms with van der Waals surface area (Å²) in [5.74, 6) is -2.17. The van der Waals surface area contributed by atoms with Gasteiger partial charge in [-0.25, -0.2) is 18.4 Å². The highest BCUT2D eigenvalue weighted by atomic mass is 19.1. The molecule has 1 unspecified atom stereocenters. The van der Waals surface area contributed by atoms with E-state index in [1.165, 1.54) is 0 Å². The van der Waals surface area contributed by atoms with E-state index in [9.17, 15) is 18.4 Å². The van der Waals surface area contributed by atoms with Crippen LogP contribution in [-0.2, 0) is 9.53 Å². The van der Waals surface area contributed by atoms with E-state index in [1.54, 1.807) is 6.92 Å². The van der Waals surface area contributed by atoms with Crippen LogP contribution in [0.5, 0.6) is 0 Å². The lowest BCUT2D eigenvalue weighted by molar-refractivity contribution is -0.145. The van der Waals surface area contributed by atoms with Crippen molar-refractivity contribution < 1.29 is 23.1 Å². The first-order chi connectivity index (χ1) is 10.5. The van der Waals surface area contributed by atoms with Crippen LogP contribution >= 0.6 is 0 Å². The monoisotopic (exact) mass is 314 g/mol. The number of ether oxygens (including phenoxy) is 1. The van der Waals surface area contributed by atoms with Crippen molar-refractivity contribution in [3.05, 3.63) is 29.8 Å². The van der Waals surface area contributed by atoms with Gasteiger partial charge in [-0.15, -0.1) is 0 Å². The maximum atomic E-state index is 13.5. The third-order valence-corrected chi connectivity index (χ3v) is 2.90. The van der Waals surface area contributed by atoms with Gasteiger partial charge in [0.15, 0.2) is 0 Å². The molecule has 0 radical (unpaired) electrons. The number of halogens is 2. The zero-order chi connectivity index (χ0) is 16.5. The Balaban J connectivity index is 2.67. The van der Waals surface area contributed by atoms with Gasteiger partial charge >= 0.3 is 12.0 Å². The Bertz CT molecular complexity index is 524. The van der Waals surface area contributed by atoms with E-state index < -0.39 is 29.7 Å². The average molecular weight is 314 g/mol. The maximum Gasteiger partial charge on any atom is 0.328 e. The minimum absolute atomic E-state index is 0.169. The number of carbonyl (C=O) groups excluding carboxylic acids is 2. The topological polar surface area (TPSA) is 67.4 Å². The van der Waals surface area contributed by atoms with Crippen molar-refractivity contribution in [1.29, 1.82) is 0 Å². The van der Waals surface area contributed by atoms with Gasteiger partial charge in [-0.1, -0.05) is 19.8 Å². The highest BCUT2D eigenvalue weighted by Crippen LogP contribution is 2.15. The van der Waals surface area contributed by atoms with Gasteiger partial charge in [0.2, 0.25) is 0 Å². The van der Waals surface area contributed by atoms with Crippen molar-refractivity contribution in [2.45, 2.75) is 39.2 Å². The van der Waals surface area contributed by atoms with Gasteiger partial charge in [-0.2, -0.15) is 0 Å². The molecule has 2 N–H and O–H groups in total. The number of nitrogens with one attached hydrogen (secondary N) is 2. The smallest absolute Gasteiger partial charge is 0.328 e. The van der Waals surface area contributed by atoms with Gasteiger partial charge in [0, 0.05) is 6.07 Å². The van der Waals surface area contributed by atoms with E-state index in [-0.39, 0.29) is 12.3 Å². The number of amides is 2. The summed E-state index contributed by atoms with van der Waals surface area (Å²) in [5, 5.41) is 4.68. The summed E-state index contributed by atoms with van der Waals surface area (Å²) >= 11 is 0. The number of benzene rings is 1. The Labute approximate surface area is 128 Å². The number of urea groups is 1. The molecular weight excluding hydrogens is 294 g/mol.